The molecular weight excluding hydrogens is 320 g/mol. The highest BCUT2D eigenvalue weighted by molar-refractivity contribution is 5.91. The van der Waals surface area contributed by atoms with Crippen molar-refractivity contribution >= 4 is 11.7 Å². The van der Waals surface area contributed by atoms with Gasteiger partial charge >= 0.3 is 6.03 Å². The highest BCUT2D eigenvalue weighted by atomic mass is 16.5. The molecule has 0 radical (unpaired) electrons. The Kier molecular flexibility index (Phi) is 4.92. The van der Waals surface area contributed by atoms with E-state index in [0.717, 1.165) is 37.7 Å². The van der Waals surface area contributed by atoms with Crippen molar-refractivity contribution in [3.63, 3.8) is 0 Å². The third kappa shape index (κ3) is 3.75. The molecule has 1 fully saturated rings. The summed E-state index contributed by atoms with van der Waals surface area (Å²) in [6.45, 7) is 3.74. The largest absolute Gasteiger partial charge is 0.495 e. The van der Waals surface area contributed by atoms with Gasteiger partial charge in [0.25, 0.3) is 5.89 Å². The van der Waals surface area contributed by atoms with Crippen molar-refractivity contribution in [1.82, 2.24) is 15.5 Å². The van der Waals surface area contributed by atoms with E-state index >= 15 is 0 Å². The molecule has 7 heteroatoms. The third-order valence-corrected chi connectivity index (χ3v) is 4.60. The Balaban J connectivity index is 1.80. The van der Waals surface area contributed by atoms with Crippen molar-refractivity contribution in [2.45, 2.75) is 51.5 Å². The Bertz CT molecular complexity index is 751. The molecule has 1 aromatic heterocycles. The second-order valence-corrected chi connectivity index (χ2v) is 6.57. The number of hydrogen-bond acceptors (Lipinski definition) is 5. The first-order valence-corrected chi connectivity index (χ1v) is 8.57. The van der Waals surface area contributed by atoms with Gasteiger partial charge in [0.05, 0.1) is 12.8 Å². The molecule has 2 amide bonds. The summed E-state index contributed by atoms with van der Waals surface area (Å²) in [5.74, 6) is 1.67. The van der Waals surface area contributed by atoms with Crippen LogP contribution in [0.15, 0.2) is 22.7 Å². The molecule has 1 aliphatic rings. The van der Waals surface area contributed by atoms with Gasteiger partial charge in [0, 0.05) is 0 Å². The summed E-state index contributed by atoms with van der Waals surface area (Å²) in [7, 11) is 1.58. The number of aryl methyl sites for hydroxylation is 2. The summed E-state index contributed by atoms with van der Waals surface area (Å²) in [5.41, 5.74) is 1.06. The molecule has 134 valence electrons. The topological polar surface area (TPSA) is 89.3 Å². The number of ether oxygens (including phenoxy) is 1. The zero-order valence-electron chi connectivity index (χ0n) is 14.9. The van der Waals surface area contributed by atoms with E-state index in [0.29, 0.717) is 23.2 Å². The van der Waals surface area contributed by atoms with Crippen LogP contribution in [0.2, 0.25) is 0 Å². The number of aromatic nitrogens is 2. The first-order valence-electron chi connectivity index (χ1n) is 8.57. The quantitative estimate of drug-likeness (QED) is 0.883. The zero-order chi connectivity index (χ0) is 17.9. The van der Waals surface area contributed by atoms with Crippen molar-refractivity contribution in [1.29, 1.82) is 0 Å². The fourth-order valence-corrected chi connectivity index (χ4v) is 3.33. The molecule has 7 nitrogen and oxygen atoms in total. The lowest BCUT2D eigenvalue weighted by atomic mass is 9.81. The van der Waals surface area contributed by atoms with E-state index in [-0.39, 0.29) is 6.03 Å². The maximum absolute atomic E-state index is 12.7. The number of benzene rings is 1. The van der Waals surface area contributed by atoms with E-state index in [9.17, 15) is 4.79 Å². The van der Waals surface area contributed by atoms with Crippen LogP contribution in [0.3, 0.4) is 0 Å². The molecule has 1 aliphatic carbocycles. The van der Waals surface area contributed by atoms with Crippen molar-refractivity contribution in [3.8, 4) is 5.75 Å². The lowest BCUT2D eigenvalue weighted by Gasteiger charge is -2.34. The third-order valence-electron chi connectivity index (χ3n) is 4.60. The van der Waals surface area contributed by atoms with Crippen LogP contribution in [0.1, 0.15) is 49.4 Å². The summed E-state index contributed by atoms with van der Waals surface area (Å²) in [5, 5.41) is 9.85. The summed E-state index contributed by atoms with van der Waals surface area (Å²) in [4.78, 5) is 17.0. The normalized spacial score (nSPS) is 16.3. The molecule has 0 aliphatic heterocycles. The second-order valence-electron chi connectivity index (χ2n) is 6.57. The second kappa shape index (κ2) is 7.13. The first-order chi connectivity index (χ1) is 12.0. The number of hydrogen-bond donors (Lipinski definition) is 2. The van der Waals surface area contributed by atoms with Crippen LogP contribution in [0, 0.1) is 13.8 Å². The van der Waals surface area contributed by atoms with Crippen molar-refractivity contribution in [2.24, 2.45) is 0 Å². The molecular formula is C18H24N4O3. The summed E-state index contributed by atoms with van der Waals surface area (Å²) >= 11 is 0. The van der Waals surface area contributed by atoms with Gasteiger partial charge in [-0.05, 0) is 44.4 Å². The van der Waals surface area contributed by atoms with Crippen LogP contribution in [-0.2, 0) is 5.54 Å². The van der Waals surface area contributed by atoms with Crippen LogP contribution < -0.4 is 15.4 Å². The minimum atomic E-state index is -0.610. The molecule has 3 rings (SSSR count). The smallest absolute Gasteiger partial charge is 0.320 e. The number of methoxy groups -OCH3 is 1. The molecule has 25 heavy (non-hydrogen) atoms. The molecule has 1 aromatic carbocycles. The number of nitrogens with one attached hydrogen (secondary N) is 2. The molecule has 2 aromatic rings. The molecule has 0 unspecified atom stereocenters. The molecule has 0 spiro atoms. The van der Waals surface area contributed by atoms with Crippen LogP contribution >= 0.6 is 0 Å². The van der Waals surface area contributed by atoms with Crippen molar-refractivity contribution in [3.05, 3.63) is 35.5 Å². The van der Waals surface area contributed by atoms with Crippen molar-refractivity contribution < 1.29 is 14.1 Å². The van der Waals surface area contributed by atoms with Gasteiger partial charge < -0.3 is 19.9 Å². The van der Waals surface area contributed by atoms with E-state index in [2.05, 4.69) is 20.8 Å². The average molecular weight is 344 g/mol. The van der Waals surface area contributed by atoms with Gasteiger partial charge in [-0.25, -0.2) is 4.79 Å². The number of carbonyl (C=O) groups excluding carboxylic acids is 1. The highest BCUT2D eigenvalue weighted by Gasteiger charge is 2.40. The van der Waals surface area contributed by atoms with E-state index in [1.54, 1.807) is 14.0 Å². The number of anilines is 1. The Morgan fingerprint density at radius 2 is 2.00 bits per heavy atom. The first kappa shape index (κ1) is 17.3. The van der Waals surface area contributed by atoms with Crippen LogP contribution in [-0.4, -0.2) is 23.3 Å². The predicted octanol–water partition coefficient (Wildman–Crippen LogP) is 3.68. The SMILES string of the molecule is COc1ccc(C)cc1NC(=O)NC1(c2nc(C)no2)CCCCC1. The van der Waals surface area contributed by atoms with Gasteiger partial charge in [0.2, 0.25) is 0 Å². The lowest BCUT2D eigenvalue weighted by molar-refractivity contribution is 0.173. The average Bonchev–Trinajstić information content (AvgIpc) is 3.03. The van der Waals surface area contributed by atoms with E-state index < -0.39 is 5.54 Å². The Morgan fingerprint density at radius 3 is 2.64 bits per heavy atom. The minimum Gasteiger partial charge on any atom is -0.495 e. The zero-order valence-corrected chi connectivity index (χ0v) is 14.9. The molecule has 0 bridgehead atoms. The van der Waals surface area contributed by atoms with Gasteiger partial charge in [0.1, 0.15) is 11.3 Å². The predicted molar refractivity (Wildman–Crippen MR) is 93.7 cm³/mol. The van der Waals surface area contributed by atoms with Crippen molar-refractivity contribution in [2.75, 3.05) is 12.4 Å². The minimum absolute atomic E-state index is 0.304. The summed E-state index contributed by atoms with van der Waals surface area (Å²) in [6.07, 6.45) is 4.73. The Hall–Kier alpha value is -2.57. The molecule has 0 saturated heterocycles. The van der Waals surface area contributed by atoms with E-state index in [1.165, 1.54) is 0 Å². The van der Waals surface area contributed by atoms with Crippen LogP contribution in [0.25, 0.3) is 0 Å². The summed E-state index contributed by atoms with van der Waals surface area (Å²) in [6, 6.07) is 5.35. The fraction of sp³-hybridized carbons (Fsp3) is 0.500. The molecule has 1 saturated carbocycles. The van der Waals surface area contributed by atoms with Gasteiger partial charge in [-0.15, -0.1) is 0 Å². The number of nitrogens with zero attached hydrogens (tertiary/aromatic N) is 2. The standard InChI is InChI=1S/C18H24N4O3/c1-12-7-8-15(24-3)14(11-12)20-17(23)21-18(9-5-4-6-10-18)16-19-13(2)22-25-16/h7-8,11H,4-6,9-10H2,1-3H3,(H2,20,21,23). The van der Waals surface area contributed by atoms with Gasteiger partial charge in [-0.2, -0.15) is 4.98 Å². The highest BCUT2D eigenvalue weighted by Crippen LogP contribution is 2.36. The molecule has 1 heterocycles. The maximum Gasteiger partial charge on any atom is 0.320 e. The summed E-state index contributed by atoms with van der Waals surface area (Å²) < 4.78 is 10.7. The monoisotopic (exact) mass is 344 g/mol. The number of urea groups is 1. The van der Waals surface area contributed by atoms with Gasteiger partial charge in [-0.3, -0.25) is 0 Å². The molecule has 2 N–H and O–H groups in total. The number of rotatable bonds is 4. The maximum atomic E-state index is 12.7. The van der Waals surface area contributed by atoms with Crippen LogP contribution in [0.4, 0.5) is 10.5 Å². The van der Waals surface area contributed by atoms with Gasteiger partial charge in [-0.1, -0.05) is 30.5 Å². The number of amides is 2. The number of carbonyl (C=O) groups is 1. The lowest BCUT2D eigenvalue weighted by Crippen LogP contribution is -2.49. The fourth-order valence-electron chi connectivity index (χ4n) is 3.33. The van der Waals surface area contributed by atoms with Gasteiger partial charge in [0.15, 0.2) is 5.82 Å². The van der Waals surface area contributed by atoms with E-state index in [4.69, 9.17) is 9.26 Å². The van der Waals surface area contributed by atoms with E-state index in [1.807, 2.05) is 25.1 Å². The van der Waals surface area contributed by atoms with Crippen LogP contribution in [0.5, 0.6) is 5.75 Å². The molecule has 0 atom stereocenters. The Labute approximate surface area is 147 Å². The Morgan fingerprint density at radius 1 is 1.24 bits per heavy atom.